The number of carbonyl (C=O) groups excluding carboxylic acids is 2. The number of primary sulfonamides is 1. The molecule has 3 rings (SSSR count). The van der Waals surface area contributed by atoms with Gasteiger partial charge in [0.05, 0.1) is 17.6 Å². The number of hydrogen-bond acceptors (Lipinski definition) is 6. The Bertz CT molecular complexity index is 1100. The van der Waals surface area contributed by atoms with E-state index in [1.165, 1.54) is 32.1 Å². The summed E-state index contributed by atoms with van der Waals surface area (Å²) in [6.07, 6.45) is 2.37. The van der Waals surface area contributed by atoms with Crippen LogP contribution in [0.3, 0.4) is 0 Å². The molecule has 10 heteroatoms. The first kappa shape index (κ1) is 23.6. The standard InChI is InChI=1S/C22H28N4O5S/c1-15(24-22(28)19-14-18(32(23,29)30)8-9-20(19)31-2)12-21(27)25-16-6-5-7-17(13-16)26-10-3-4-11-26/h5-9,13-15H,3-4,10-12H2,1-2H3,(H,24,28)(H,25,27)(H2,23,29,30). The fourth-order valence-electron chi connectivity index (χ4n) is 3.64. The third kappa shape index (κ3) is 5.98. The molecule has 9 nitrogen and oxygen atoms in total. The van der Waals surface area contributed by atoms with Crippen LogP contribution in [0.1, 0.15) is 36.5 Å². The Morgan fingerprint density at radius 1 is 1.16 bits per heavy atom. The van der Waals surface area contributed by atoms with E-state index < -0.39 is 22.0 Å². The summed E-state index contributed by atoms with van der Waals surface area (Å²) in [6.45, 7) is 3.71. The predicted octanol–water partition coefficient (Wildman–Crippen LogP) is 2.09. The number of ether oxygens (including phenoxy) is 1. The number of methoxy groups -OCH3 is 1. The molecule has 2 aromatic rings. The molecule has 0 bridgehead atoms. The number of sulfonamides is 1. The van der Waals surface area contributed by atoms with Crippen LogP contribution < -0.4 is 25.4 Å². The van der Waals surface area contributed by atoms with Crippen LogP contribution in [0, 0.1) is 0 Å². The van der Waals surface area contributed by atoms with Crippen molar-refractivity contribution in [1.82, 2.24) is 5.32 Å². The van der Waals surface area contributed by atoms with Gasteiger partial charge < -0.3 is 20.3 Å². The van der Waals surface area contributed by atoms with Crippen molar-refractivity contribution in [3.63, 3.8) is 0 Å². The van der Waals surface area contributed by atoms with Crippen LogP contribution in [-0.2, 0) is 14.8 Å². The van der Waals surface area contributed by atoms with Crippen LogP contribution in [0.25, 0.3) is 0 Å². The van der Waals surface area contributed by atoms with Gasteiger partial charge in [-0.25, -0.2) is 13.6 Å². The highest BCUT2D eigenvalue weighted by Gasteiger charge is 2.20. The summed E-state index contributed by atoms with van der Waals surface area (Å²) in [5.41, 5.74) is 1.79. The zero-order chi connectivity index (χ0) is 23.3. The molecule has 2 amide bonds. The van der Waals surface area contributed by atoms with Gasteiger partial charge in [-0.05, 0) is 56.2 Å². The topological polar surface area (TPSA) is 131 Å². The van der Waals surface area contributed by atoms with Crippen LogP contribution >= 0.6 is 0 Å². The first-order valence-corrected chi connectivity index (χ1v) is 11.9. The maximum atomic E-state index is 12.7. The minimum atomic E-state index is -3.98. The number of amides is 2. The second-order valence-electron chi connectivity index (χ2n) is 7.78. The Balaban J connectivity index is 1.62. The predicted molar refractivity (Wildman–Crippen MR) is 122 cm³/mol. The average molecular weight is 461 g/mol. The summed E-state index contributed by atoms with van der Waals surface area (Å²) in [5.74, 6) is -0.615. The molecule has 1 saturated heterocycles. The molecule has 0 radical (unpaired) electrons. The van der Waals surface area contributed by atoms with Crippen molar-refractivity contribution in [3.05, 3.63) is 48.0 Å². The van der Waals surface area contributed by atoms with E-state index in [1.54, 1.807) is 6.92 Å². The highest BCUT2D eigenvalue weighted by atomic mass is 32.2. The van der Waals surface area contributed by atoms with Crippen LogP contribution in [-0.4, -0.2) is 46.5 Å². The Morgan fingerprint density at radius 2 is 1.88 bits per heavy atom. The molecule has 1 atom stereocenters. The van der Waals surface area contributed by atoms with Crippen molar-refractivity contribution in [3.8, 4) is 5.75 Å². The number of anilines is 2. The molecule has 0 aromatic heterocycles. The number of benzene rings is 2. The van der Waals surface area contributed by atoms with E-state index in [-0.39, 0.29) is 28.5 Å². The van der Waals surface area contributed by atoms with Gasteiger partial charge in [-0.1, -0.05) is 6.07 Å². The van der Waals surface area contributed by atoms with Gasteiger partial charge in [0.1, 0.15) is 5.75 Å². The van der Waals surface area contributed by atoms with Crippen molar-refractivity contribution in [2.75, 3.05) is 30.4 Å². The largest absolute Gasteiger partial charge is 0.496 e. The minimum Gasteiger partial charge on any atom is -0.496 e. The van der Waals surface area contributed by atoms with Crippen molar-refractivity contribution in [1.29, 1.82) is 0 Å². The molecule has 1 aliphatic rings. The number of hydrogen-bond donors (Lipinski definition) is 3. The SMILES string of the molecule is COc1ccc(S(N)(=O)=O)cc1C(=O)NC(C)CC(=O)Nc1cccc(N2CCCC2)c1. The van der Waals surface area contributed by atoms with Crippen molar-refractivity contribution >= 4 is 33.2 Å². The summed E-state index contributed by atoms with van der Waals surface area (Å²) in [4.78, 5) is 27.2. The first-order chi connectivity index (χ1) is 15.2. The number of carbonyl (C=O) groups is 2. The van der Waals surface area contributed by atoms with Gasteiger partial charge in [0, 0.05) is 36.9 Å². The first-order valence-electron chi connectivity index (χ1n) is 10.3. The highest BCUT2D eigenvalue weighted by Crippen LogP contribution is 2.24. The van der Waals surface area contributed by atoms with Gasteiger partial charge in [0.15, 0.2) is 0 Å². The third-order valence-corrected chi connectivity index (χ3v) is 6.13. The summed E-state index contributed by atoms with van der Waals surface area (Å²) in [6, 6.07) is 11.0. The van der Waals surface area contributed by atoms with E-state index in [9.17, 15) is 18.0 Å². The minimum absolute atomic E-state index is 0.0181. The molecular formula is C22H28N4O5S. The fraction of sp³-hybridized carbons (Fsp3) is 0.364. The third-order valence-electron chi connectivity index (χ3n) is 5.21. The zero-order valence-corrected chi connectivity index (χ0v) is 18.9. The van der Waals surface area contributed by atoms with Crippen LogP contribution in [0.5, 0.6) is 5.75 Å². The molecule has 1 aliphatic heterocycles. The van der Waals surface area contributed by atoms with E-state index in [1.807, 2.05) is 24.3 Å². The molecule has 172 valence electrons. The molecule has 32 heavy (non-hydrogen) atoms. The summed E-state index contributed by atoms with van der Waals surface area (Å²) < 4.78 is 28.4. The van der Waals surface area contributed by atoms with Gasteiger partial charge in [-0.3, -0.25) is 9.59 Å². The lowest BCUT2D eigenvalue weighted by Gasteiger charge is -2.19. The highest BCUT2D eigenvalue weighted by molar-refractivity contribution is 7.89. The molecule has 4 N–H and O–H groups in total. The molecule has 0 aliphatic carbocycles. The van der Waals surface area contributed by atoms with Gasteiger partial charge in [-0.2, -0.15) is 0 Å². The van der Waals surface area contributed by atoms with E-state index in [4.69, 9.17) is 9.88 Å². The van der Waals surface area contributed by atoms with Gasteiger partial charge in [0.25, 0.3) is 5.91 Å². The molecule has 2 aromatic carbocycles. The fourth-order valence-corrected chi connectivity index (χ4v) is 4.18. The van der Waals surface area contributed by atoms with Gasteiger partial charge in [-0.15, -0.1) is 0 Å². The number of nitrogens with zero attached hydrogens (tertiary/aromatic N) is 1. The zero-order valence-electron chi connectivity index (χ0n) is 18.1. The number of rotatable bonds is 8. The van der Waals surface area contributed by atoms with Crippen molar-refractivity contribution in [2.45, 2.75) is 37.1 Å². The lowest BCUT2D eigenvalue weighted by atomic mass is 10.1. The smallest absolute Gasteiger partial charge is 0.255 e. The normalized spacial score (nSPS) is 14.7. The van der Waals surface area contributed by atoms with Crippen LogP contribution in [0.2, 0.25) is 0 Å². The Hall–Kier alpha value is -3.11. The molecule has 1 fully saturated rings. The lowest BCUT2D eigenvalue weighted by Crippen LogP contribution is -2.35. The Kier molecular flexibility index (Phi) is 7.37. The maximum absolute atomic E-state index is 12.7. The molecule has 1 heterocycles. The van der Waals surface area contributed by atoms with E-state index >= 15 is 0 Å². The van der Waals surface area contributed by atoms with Gasteiger partial charge in [0.2, 0.25) is 15.9 Å². The Morgan fingerprint density at radius 3 is 2.53 bits per heavy atom. The monoisotopic (exact) mass is 460 g/mol. The summed E-state index contributed by atoms with van der Waals surface area (Å²) >= 11 is 0. The van der Waals surface area contributed by atoms with E-state index in [0.29, 0.717) is 5.69 Å². The van der Waals surface area contributed by atoms with Crippen molar-refractivity contribution in [2.24, 2.45) is 5.14 Å². The van der Waals surface area contributed by atoms with Gasteiger partial charge >= 0.3 is 0 Å². The number of nitrogens with one attached hydrogen (secondary N) is 2. The second kappa shape index (κ2) is 10.0. The quantitative estimate of drug-likeness (QED) is 0.553. The maximum Gasteiger partial charge on any atom is 0.255 e. The average Bonchev–Trinajstić information content (AvgIpc) is 3.27. The van der Waals surface area contributed by atoms with E-state index in [2.05, 4.69) is 15.5 Å². The summed E-state index contributed by atoms with van der Waals surface area (Å²) in [5, 5.41) is 10.7. The Labute approximate surface area is 188 Å². The van der Waals surface area contributed by atoms with E-state index in [0.717, 1.165) is 24.8 Å². The van der Waals surface area contributed by atoms with Crippen LogP contribution in [0.4, 0.5) is 11.4 Å². The number of nitrogens with two attached hydrogens (primary N) is 1. The summed E-state index contributed by atoms with van der Waals surface area (Å²) in [7, 11) is -2.61. The van der Waals surface area contributed by atoms with Crippen molar-refractivity contribution < 1.29 is 22.7 Å². The van der Waals surface area contributed by atoms with Crippen LogP contribution in [0.15, 0.2) is 47.4 Å². The lowest BCUT2D eigenvalue weighted by molar-refractivity contribution is -0.116. The molecule has 1 unspecified atom stereocenters. The molecule has 0 saturated carbocycles. The second-order valence-corrected chi connectivity index (χ2v) is 9.34. The molecule has 0 spiro atoms. The molecular weight excluding hydrogens is 432 g/mol.